The van der Waals surface area contributed by atoms with Crippen molar-refractivity contribution in [2.75, 3.05) is 19.0 Å². The van der Waals surface area contributed by atoms with Crippen LogP contribution in [0.3, 0.4) is 0 Å². The number of rotatable bonds is 6. The highest BCUT2D eigenvalue weighted by Crippen LogP contribution is 2.40. The Morgan fingerprint density at radius 2 is 1.90 bits per heavy atom. The van der Waals surface area contributed by atoms with Crippen LogP contribution in [0.2, 0.25) is 0 Å². The van der Waals surface area contributed by atoms with Gasteiger partial charge in [0.1, 0.15) is 22.1 Å². The molecule has 0 bridgehead atoms. The van der Waals surface area contributed by atoms with Crippen molar-refractivity contribution in [2.45, 2.75) is 6.92 Å². The Kier molecular flexibility index (Phi) is 6.66. The van der Waals surface area contributed by atoms with E-state index in [2.05, 4.69) is 21.2 Å². The van der Waals surface area contributed by atoms with E-state index in [-0.39, 0.29) is 18.0 Å². The molecule has 5 nitrogen and oxygen atoms in total. The molecule has 3 aromatic rings. The fourth-order valence-corrected chi connectivity index (χ4v) is 4.22. The van der Waals surface area contributed by atoms with Crippen molar-refractivity contribution in [3.63, 3.8) is 0 Å². The number of hydrogen-bond acceptors (Lipinski definition) is 5. The molecule has 3 rings (SSSR count). The van der Waals surface area contributed by atoms with Crippen molar-refractivity contribution >= 4 is 44.1 Å². The van der Waals surface area contributed by atoms with Crippen LogP contribution >= 0.6 is 27.3 Å². The zero-order chi connectivity index (χ0) is 21.0. The Labute approximate surface area is 179 Å². The van der Waals surface area contributed by atoms with Crippen molar-refractivity contribution in [1.29, 1.82) is 0 Å². The van der Waals surface area contributed by atoms with Gasteiger partial charge in [0.25, 0.3) is 5.91 Å². The molecule has 0 aliphatic rings. The molecule has 0 saturated carbocycles. The van der Waals surface area contributed by atoms with Crippen LogP contribution in [-0.2, 0) is 9.53 Å². The van der Waals surface area contributed by atoms with Crippen molar-refractivity contribution in [3.05, 3.63) is 69.3 Å². The summed E-state index contributed by atoms with van der Waals surface area (Å²) in [5.74, 6) is -0.838. The van der Waals surface area contributed by atoms with E-state index >= 15 is 0 Å². The lowest BCUT2D eigenvalue weighted by Crippen LogP contribution is -2.21. The molecule has 29 heavy (non-hydrogen) atoms. The van der Waals surface area contributed by atoms with E-state index in [1.54, 1.807) is 30.3 Å². The van der Waals surface area contributed by atoms with E-state index in [9.17, 15) is 14.0 Å². The third-order valence-corrected chi connectivity index (χ3v) is 5.54. The Hall–Kier alpha value is -2.71. The number of nitrogens with one attached hydrogen (secondary N) is 1. The second-order valence-corrected chi connectivity index (χ2v) is 8.17. The van der Waals surface area contributed by atoms with Gasteiger partial charge in [-0.2, -0.15) is 0 Å². The normalized spacial score (nSPS) is 10.5. The molecule has 0 saturated heterocycles. The maximum Gasteiger partial charge on any atom is 0.341 e. The van der Waals surface area contributed by atoms with Gasteiger partial charge in [0.05, 0.1) is 7.11 Å². The maximum absolute atomic E-state index is 13.3. The third-order valence-electron chi connectivity index (χ3n) is 4.03. The predicted octanol–water partition coefficient (Wildman–Crippen LogP) is 5.43. The number of halogens is 2. The van der Waals surface area contributed by atoms with Crippen molar-refractivity contribution in [2.24, 2.45) is 0 Å². The second-order valence-electron chi connectivity index (χ2n) is 6.03. The van der Waals surface area contributed by atoms with Crippen LogP contribution in [-0.4, -0.2) is 25.6 Å². The van der Waals surface area contributed by atoms with Gasteiger partial charge in [0.2, 0.25) is 0 Å². The highest BCUT2D eigenvalue weighted by Gasteiger charge is 2.25. The molecule has 0 unspecified atom stereocenters. The summed E-state index contributed by atoms with van der Waals surface area (Å²) < 4.78 is 24.5. The first-order chi connectivity index (χ1) is 13.9. The highest BCUT2D eigenvalue weighted by atomic mass is 79.9. The second kappa shape index (κ2) is 9.19. The third kappa shape index (κ3) is 5.02. The van der Waals surface area contributed by atoms with Crippen LogP contribution in [0.25, 0.3) is 11.1 Å². The molecule has 0 aliphatic carbocycles. The molecule has 1 aromatic heterocycles. The van der Waals surface area contributed by atoms with Gasteiger partial charge in [-0.15, -0.1) is 11.3 Å². The van der Waals surface area contributed by atoms with E-state index in [1.165, 1.54) is 30.6 Å². The van der Waals surface area contributed by atoms with E-state index in [4.69, 9.17) is 9.47 Å². The molecule has 0 fully saturated rings. The number of hydrogen-bond donors (Lipinski definition) is 1. The lowest BCUT2D eigenvalue weighted by Gasteiger charge is -2.09. The Bertz CT molecular complexity index is 1050. The van der Waals surface area contributed by atoms with Crippen LogP contribution in [0.5, 0.6) is 5.75 Å². The molecule has 2 aromatic carbocycles. The Morgan fingerprint density at radius 3 is 2.55 bits per heavy atom. The van der Waals surface area contributed by atoms with Gasteiger partial charge in [0.15, 0.2) is 6.61 Å². The van der Waals surface area contributed by atoms with Gasteiger partial charge in [-0.1, -0.05) is 34.1 Å². The van der Waals surface area contributed by atoms with Crippen molar-refractivity contribution in [1.82, 2.24) is 0 Å². The van der Waals surface area contributed by atoms with Gasteiger partial charge in [-0.05, 0) is 42.8 Å². The van der Waals surface area contributed by atoms with Gasteiger partial charge < -0.3 is 14.8 Å². The molecule has 1 amide bonds. The first-order valence-corrected chi connectivity index (χ1v) is 10.2. The number of carbonyl (C=O) groups excluding carboxylic acids is 2. The molecule has 1 N–H and O–H groups in total. The smallest absolute Gasteiger partial charge is 0.341 e. The topological polar surface area (TPSA) is 64.6 Å². The van der Waals surface area contributed by atoms with Crippen LogP contribution in [0.1, 0.15) is 15.2 Å². The number of esters is 1. The SMILES string of the molecule is COC(=O)c1c(NC(=O)COc2cccc(Br)c2)sc(C)c1-c1ccc(F)cc1. The summed E-state index contributed by atoms with van der Waals surface area (Å²) in [5, 5.41) is 3.08. The molecule has 1 heterocycles. The molecule has 0 atom stereocenters. The number of ether oxygens (including phenoxy) is 2. The first-order valence-electron chi connectivity index (χ1n) is 8.55. The van der Waals surface area contributed by atoms with E-state index in [1.807, 2.05) is 13.0 Å². The average molecular weight is 478 g/mol. The average Bonchev–Trinajstić information content (AvgIpc) is 3.02. The van der Waals surface area contributed by atoms with Crippen molar-refractivity contribution in [3.8, 4) is 16.9 Å². The number of anilines is 1. The molecule has 8 heteroatoms. The summed E-state index contributed by atoms with van der Waals surface area (Å²) in [6, 6.07) is 12.9. The Morgan fingerprint density at radius 1 is 1.17 bits per heavy atom. The van der Waals surface area contributed by atoms with Gasteiger partial charge in [-0.25, -0.2) is 9.18 Å². The first kappa shape index (κ1) is 21.0. The highest BCUT2D eigenvalue weighted by molar-refractivity contribution is 9.10. The van der Waals surface area contributed by atoms with Gasteiger partial charge in [-0.3, -0.25) is 4.79 Å². The van der Waals surface area contributed by atoms with Crippen LogP contribution in [0.4, 0.5) is 9.39 Å². The fraction of sp³-hybridized carbons (Fsp3) is 0.143. The van der Waals surface area contributed by atoms with Crippen LogP contribution in [0.15, 0.2) is 53.0 Å². The molecule has 0 aliphatic heterocycles. The number of benzene rings is 2. The largest absolute Gasteiger partial charge is 0.484 e. The molecular formula is C21H17BrFNO4S. The van der Waals surface area contributed by atoms with Gasteiger partial charge in [0, 0.05) is 14.9 Å². The lowest BCUT2D eigenvalue weighted by atomic mass is 10.0. The van der Waals surface area contributed by atoms with Crippen LogP contribution < -0.4 is 10.1 Å². The van der Waals surface area contributed by atoms with Crippen molar-refractivity contribution < 1.29 is 23.5 Å². The monoisotopic (exact) mass is 477 g/mol. The summed E-state index contributed by atoms with van der Waals surface area (Å²) in [6.45, 7) is 1.60. The summed E-state index contributed by atoms with van der Waals surface area (Å²) >= 11 is 4.59. The summed E-state index contributed by atoms with van der Waals surface area (Å²) in [7, 11) is 1.27. The quantitative estimate of drug-likeness (QED) is 0.480. The molecular weight excluding hydrogens is 461 g/mol. The predicted molar refractivity (Wildman–Crippen MR) is 114 cm³/mol. The minimum absolute atomic E-state index is 0.222. The summed E-state index contributed by atoms with van der Waals surface area (Å²) in [4.78, 5) is 25.6. The summed E-state index contributed by atoms with van der Waals surface area (Å²) in [6.07, 6.45) is 0. The number of aryl methyl sites for hydroxylation is 1. The minimum atomic E-state index is -0.586. The number of carbonyl (C=O) groups is 2. The molecule has 0 spiro atoms. The standard InChI is InChI=1S/C21H17BrFNO4S/c1-12-18(13-6-8-15(23)9-7-13)19(21(26)27-2)20(29-12)24-17(25)11-28-16-5-3-4-14(22)10-16/h3-10H,11H2,1-2H3,(H,24,25). The number of methoxy groups -OCH3 is 1. The zero-order valence-electron chi connectivity index (χ0n) is 15.6. The minimum Gasteiger partial charge on any atom is -0.484 e. The van der Waals surface area contributed by atoms with Crippen LogP contribution in [0, 0.1) is 12.7 Å². The van der Waals surface area contributed by atoms with E-state index in [0.29, 0.717) is 21.9 Å². The van der Waals surface area contributed by atoms with E-state index in [0.717, 1.165) is 9.35 Å². The zero-order valence-corrected chi connectivity index (χ0v) is 18.0. The number of thiophene rings is 1. The maximum atomic E-state index is 13.3. The summed E-state index contributed by atoms with van der Waals surface area (Å²) in [5.41, 5.74) is 1.49. The number of amides is 1. The van der Waals surface area contributed by atoms with Gasteiger partial charge >= 0.3 is 5.97 Å². The molecule has 150 valence electrons. The Balaban J connectivity index is 1.85. The fourth-order valence-electron chi connectivity index (χ4n) is 2.76. The molecule has 0 radical (unpaired) electrons. The van der Waals surface area contributed by atoms with E-state index < -0.39 is 11.9 Å². The lowest BCUT2D eigenvalue weighted by molar-refractivity contribution is -0.118.